The Morgan fingerprint density at radius 3 is 2.52 bits per heavy atom. The van der Waals surface area contributed by atoms with Crippen LogP contribution in [0.1, 0.15) is 17.0 Å². The average molecular weight is 445 g/mol. The van der Waals surface area contributed by atoms with Gasteiger partial charge in [0.25, 0.3) is 0 Å². The first-order chi connectivity index (χ1) is 14.7. The second kappa shape index (κ2) is 9.17. The molecule has 0 aliphatic rings. The molecule has 3 rings (SSSR count). The minimum Gasteiger partial charge on any atom is -0.497 e. The summed E-state index contributed by atoms with van der Waals surface area (Å²) in [7, 11) is -2.10. The van der Waals surface area contributed by atoms with E-state index in [2.05, 4.69) is 15.5 Å². The molecule has 10 heteroatoms. The number of nitrogens with zero attached hydrogens (tertiary/aromatic N) is 3. The molecule has 3 aromatic rings. The van der Waals surface area contributed by atoms with Crippen molar-refractivity contribution in [2.45, 2.75) is 20.4 Å². The van der Waals surface area contributed by atoms with E-state index in [0.29, 0.717) is 22.8 Å². The lowest BCUT2D eigenvalue weighted by atomic mass is 10.1. The van der Waals surface area contributed by atoms with Crippen LogP contribution in [-0.2, 0) is 21.4 Å². The van der Waals surface area contributed by atoms with Gasteiger partial charge < -0.3 is 14.6 Å². The van der Waals surface area contributed by atoms with Gasteiger partial charge in [-0.15, -0.1) is 0 Å². The number of rotatable bonds is 8. The third-order valence-electron chi connectivity index (χ3n) is 4.41. The summed E-state index contributed by atoms with van der Waals surface area (Å²) in [6, 6.07) is 12.6. The number of anilines is 1. The maximum Gasteiger partial charge on any atom is 0.246 e. The van der Waals surface area contributed by atoms with Crippen molar-refractivity contribution in [3.05, 3.63) is 59.5 Å². The number of carbonyl (C=O) groups is 1. The summed E-state index contributed by atoms with van der Waals surface area (Å²) in [4.78, 5) is 16.7. The van der Waals surface area contributed by atoms with E-state index in [-0.39, 0.29) is 19.0 Å². The van der Waals surface area contributed by atoms with Crippen LogP contribution in [0, 0.1) is 13.8 Å². The number of carbonyl (C=O) groups excluding carboxylic acids is 1. The number of ether oxygens (including phenoxy) is 1. The van der Waals surface area contributed by atoms with E-state index in [1.54, 1.807) is 37.4 Å². The van der Waals surface area contributed by atoms with Gasteiger partial charge in [0.15, 0.2) is 0 Å². The van der Waals surface area contributed by atoms with Gasteiger partial charge in [-0.05, 0) is 49.2 Å². The molecule has 31 heavy (non-hydrogen) atoms. The predicted octanol–water partition coefficient (Wildman–Crippen LogP) is 2.44. The lowest BCUT2D eigenvalue weighted by Gasteiger charge is -2.22. The number of hydrogen-bond donors (Lipinski definition) is 1. The van der Waals surface area contributed by atoms with Crippen LogP contribution in [0.15, 0.2) is 47.0 Å². The fourth-order valence-electron chi connectivity index (χ4n) is 3.06. The molecule has 1 heterocycles. The van der Waals surface area contributed by atoms with Crippen LogP contribution in [0.25, 0.3) is 11.4 Å². The van der Waals surface area contributed by atoms with E-state index in [0.717, 1.165) is 21.7 Å². The first-order valence-electron chi connectivity index (χ1n) is 9.45. The van der Waals surface area contributed by atoms with E-state index >= 15 is 0 Å². The fraction of sp³-hybridized carbons (Fsp3) is 0.286. The highest BCUT2D eigenvalue weighted by Crippen LogP contribution is 2.22. The minimum atomic E-state index is -3.66. The number of benzene rings is 2. The van der Waals surface area contributed by atoms with E-state index in [9.17, 15) is 13.2 Å². The number of aryl methyl sites for hydroxylation is 2. The summed E-state index contributed by atoms with van der Waals surface area (Å²) in [6.07, 6.45) is 1.07. The Morgan fingerprint density at radius 2 is 1.87 bits per heavy atom. The molecule has 1 amide bonds. The molecule has 164 valence electrons. The van der Waals surface area contributed by atoms with Gasteiger partial charge in [0.2, 0.25) is 27.6 Å². The van der Waals surface area contributed by atoms with Crippen molar-refractivity contribution < 1.29 is 22.5 Å². The molecule has 0 radical (unpaired) electrons. The van der Waals surface area contributed by atoms with Crippen molar-refractivity contribution in [2.75, 3.05) is 24.2 Å². The van der Waals surface area contributed by atoms with Crippen molar-refractivity contribution in [2.24, 2.45) is 0 Å². The highest BCUT2D eigenvalue weighted by molar-refractivity contribution is 7.92. The average Bonchev–Trinajstić information content (AvgIpc) is 3.18. The van der Waals surface area contributed by atoms with Crippen LogP contribution < -0.4 is 14.4 Å². The van der Waals surface area contributed by atoms with Gasteiger partial charge in [-0.3, -0.25) is 9.10 Å². The monoisotopic (exact) mass is 444 g/mol. The van der Waals surface area contributed by atoms with Gasteiger partial charge >= 0.3 is 0 Å². The molecule has 0 bridgehead atoms. The Labute approximate surface area is 181 Å². The maximum absolute atomic E-state index is 12.5. The number of hydrogen-bond acceptors (Lipinski definition) is 7. The third-order valence-corrected chi connectivity index (χ3v) is 5.56. The molecule has 0 fully saturated rings. The standard InChI is InChI=1S/C21H24N4O5S/c1-14-8-15(2)10-17(9-14)25(31(4,27)28)13-19(26)22-12-20-23-21(24-30-20)16-6-5-7-18(11-16)29-3/h5-11H,12-13H2,1-4H3,(H,22,26). The Balaban J connectivity index is 1.68. The van der Waals surface area contributed by atoms with E-state index in [4.69, 9.17) is 9.26 Å². The zero-order valence-electron chi connectivity index (χ0n) is 17.7. The zero-order chi connectivity index (χ0) is 22.6. The van der Waals surface area contributed by atoms with Gasteiger partial charge in [0.05, 0.1) is 25.6 Å². The molecule has 0 aliphatic heterocycles. The molecular formula is C21H24N4O5S. The molecule has 9 nitrogen and oxygen atoms in total. The van der Waals surface area contributed by atoms with Crippen LogP contribution in [0.3, 0.4) is 0 Å². The summed E-state index contributed by atoms with van der Waals surface area (Å²) in [5, 5.41) is 6.53. The van der Waals surface area contributed by atoms with Gasteiger partial charge in [-0.1, -0.05) is 23.4 Å². The second-order valence-electron chi connectivity index (χ2n) is 7.14. The van der Waals surface area contributed by atoms with Crippen LogP contribution in [0.4, 0.5) is 5.69 Å². The molecule has 0 saturated heterocycles. The minimum absolute atomic E-state index is 0.0275. The molecule has 1 N–H and O–H groups in total. The Kier molecular flexibility index (Phi) is 6.59. The molecule has 0 aliphatic carbocycles. The van der Waals surface area contributed by atoms with Crippen LogP contribution in [0.2, 0.25) is 0 Å². The molecular weight excluding hydrogens is 420 g/mol. The Bertz CT molecular complexity index is 1170. The number of aromatic nitrogens is 2. The number of amides is 1. The molecule has 0 atom stereocenters. The first-order valence-corrected chi connectivity index (χ1v) is 11.3. The highest BCUT2D eigenvalue weighted by atomic mass is 32.2. The number of sulfonamides is 1. The van der Waals surface area contributed by atoms with Crippen molar-refractivity contribution in [1.29, 1.82) is 0 Å². The first kappa shape index (κ1) is 22.3. The summed E-state index contributed by atoms with van der Waals surface area (Å²) < 4.78 is 36.0. The maximum atomic E-state index is 12.5. The van der Waals surface area contributed by atoms with Crippen LogP contribution in [0.5, 0.6) is 5.75 Å². The van der Waals surface area contributed by atoms with Gasteiger partial charge in [0, 0.05) is 5.56 Å². The van der Waals surface area contributed by atoms with E-state index in [1.807, 2.05) is 26.0 Å². The second-order valence-corrected chi connectivity index (χ2v) is 9.04. The summed E-state index contributed by atoms with van der Waals surface area (Å²) >= 11 is 0. The van der Waals surface area contributed by atoms with Gasteiger partial charge in [-0.25, -0.2) is 8.42 Å². The topological polar surface area (TPSA) is 115 Å². The SMILES string of the molecule is COc1cccc(-c2noc(CNC(=O)CN(c3cc(C)cc(C)c3)S(C)(=O)=O)n2)c1. The molecule has 0 saturated carbocycles. The normalized spacial score (nSPS) is 11.2. The quantitative estimate of drug-likeness (QED) is 0.567. The molecule has 1 aromatic heterocycles. The van der Waals surface area contributed by atoms with Crippen LogP contribution >= 0.6 is 0 Å². The van der Waals surface area contributed by atoms with Crippen LogP contribution in [-0.4, -0.2) is 44.4 Å². The summed E-state index contributed by atoms with van der Waals surface area (Å²) in [5.74, 6) is 0.717. The molecule has 2 aromatic carbocycles. The smallest absolute Gasteiger partial charge is 0.246 e. The van der Waals surface area contributed by atoms with Crippen molar-refractivity contribution in [3.8, 4) is 17.1 Å². The number of methoxy groups -OCH3 is 1. The summed E-state index contributed by atoms with van der Waals surface area (Å²) in [5.41, 5.74) is 2.95. The third kappa shape index (κ3) is 5.82. The Morgan fingerprint density at radius 1 is 1.16 bits per heavy atom. The van der Waals surface area contributed by atoms with Crippen molar-refractivity contribution in [3.63, 3.8) is 0 Å². The zero-order valence-corrected chi connectivity index (χ0v) is 18.6. The van der Waals surface area contributed by atoms with Gasteiger partial charge in [0.1, 0.15) is 12.3 Å². The fourth-order valence-corrected chi connectivity index (χ4v) is 3.90. The predicted molar refractivity (Wildman–Crippen MR) is 116 cm³/mol. The number of nitrogens with one attached hydrogen (secondary N) is 1. The van der Waals surface area contributed by atoms with E-state index in [1.165, 1.54) is 0 Å². The highest BCUT2D eigenvalue weighted by Gasteiger charge is 2.21. The van der Waals surface area contributed by atoms with E-state index < -0.39 is 15.9 Å². The molecule has 0 spiro atoms. The lowest BCUT2D eigenvalue weighted by molar-refractivity contribution is -0.119. The van der Waals surface area contributed by atoms with Crippen molar-refractivity contribution >= 4 is 21.6 Å². The molecule has 0 unspecified atom stereocenters. The summed E-state index contributed by atoms with van der Waals surface area (Å²) in [6.45, 7) is 3.35. The van der Waals surface area contributed by atoms with Gasteiger partial charge in [-0.2, -0.15) is 4.98 Å². The Hall–Kier alpha value is -3.40. The largest absolute Gasteiger partial charge is 0.497 e. The van der Waals surface area contributed by atoms with Crippen molar-refractivity contribution in [1.82, 2.24) is 15.5 Å². The lowest BCUT2D eigenvalue weighted by Crippen LogP contribution is -2.40.